The molecule has 1 saturated heterocycles. The van der Waals surface area contributed by atoms with Gasteiger partial charge in [0.1, 0.15) is 6.54 Å². The van der Waals surface area contributed by atoms with Crippen molar-refractivity contribution in [2.75, 3.05) is 18.1 Å². The third-order valence-electron chi connectivity index (χ3n) is 4.16. The van der Waals surface area contributed by atoms with Crippen molar-refractivity contribution in [3.05, 3.63) is 29.8 Å². The van der Waals surface area contributed by atoms with Crippen molar-refractivity contribution in [2.45, 2.75) is 44.8 Å². The molecule has 1 aromatic carbocycles. The van der Waals surface area contributed by atoms with E-state index < -0.39 is 0 Å². The number of carbonyl (C=O) groups is 2. The lowest BCUT2D eigenvalue weighted by Gasteiger charge is -2.24. The first-order chi connectivity index (χ1) is 11.2. The maximum Gasteiger partial charge on any atom is 0.263 e. The van der Waals surface area contributed by atoms with E-state index in [2.05, 4.69) is 5.48 Å². The Labute approximate surface area is 135 Å². The summed E-state index contributed by atoms with van der Waals surface area (Å²) in [6, 6.07) is 7.73. The number of benzene rings is 1. The van der Waals surface area contributed by atoms with E-state index >= 15 is 0 Å². The maximum absolute atomic E-state index is 12.3. The third kappa shape index (κ3) is 4.09. The van der Waals surface area contributed by atoms with E-state index in [0.717, 1.165) is 43.4 Å². The summed E-state index contributed by atoms with van der Waals surface area (Å²) in [6.45, 7) is 0.612. The molecule has 124 valence electrons. The second kappa shape index (κ2) is 7.57. The van der Waals surface area contributed by atoms with Crippen LogP contribution in [0.25, 0.3) is 0 Å². The van der Waals surface area contributed by atoms with E-state index in [1.165, 1.54) is 0 Å². The Morgan fingerprint density at radius 3 is 2.96 bits per heavy atom. The van der Waals surface area contributed by atoms with Gasteiger partial charge >= 0.3 is 0 Å². The van der Waals surface area contributed by atoms with Crippen molar-refractivity contribution in [3.8, 4) is 0 Å². The average Bonchev–Trinajstić information content (AvgIpc) is 2.74. The van der Waals surface area contributed by atoms with E-state index in [0.29, 0.717) is 13.0 Å². The summed E-state index contributed by atoms with van der Waals surface area (Å²) in [5, 5.41) is 0. The Morgan fingerprint density at radius 2 is 2.13 bits per heavy atom. The lowest BCUT2D eigenvalue weighted by atomic mass is 10.1. The van der Waals surface area contributed by atoms with Crippen molar-refractivity contribution in [3.63, 3.8) is 0 Å². The number of hydroxylamine groups is 1. The van der Waals surface area contributed by atoms with Crippen LogP contribution in [0, 0.1) is 0 Å². The van der Waals surface area contributed by atoms with Crippen LogP contribution in [0.1, 0.15) is 37.7 Å². The summed E-state index contributed by atoms with van der Waals surface area (Å²) in [6.07, 6.45) is 4.54. The zero-order valence-electron chi connectivity index (χ0n) is 13.1. The summed E-state index contributed by atoms with van der Waals surface area (Å²) in [5.41, 5.74) is 4.33. The molecule has 1 fully saturated rings. The number of ether oxygens (including phenoxy) is 1. The molecule has 0 saturated carbocycles. The van der Waals surface area contributed by atoms with E-state index in [1.807, 2.05) is 24.3 Å². The number of rotatable bonds is 4. The van der Waals surface area contributed by atoms with Gasteiger partial charge in [-0.3, -0.25) is 9.59 Å². The molecule has 2 aliphatic heterocycles. The molecule has 3 rings (SSSR count). The van der Waals surface area contributed by atoms with Crippen LogP contribution in [0.5, 0.6) is 0 Å². The van der Waals surface area contributed by atoms with Gasteiger partial charge in [0, 0.05) is 25.1 Å². The standard InChI is InChI=1S/C17H22N2O4/c20-15(18-23-17-10-3-4-11-22-17)12-19-14-8-2-1-6-13(14)7-5-9-16(19)21/h1-2,6,8,17H,3-5,7,9-12H2,(H,18,20)/t17-/m0/s1. The number of carbonyl (C=O) groups excluding carboxylic acids is 2. The highest BCUT2D eigenvalue weighted by Crippen LogP contribution is 2.26. The monoisotopic (exact) mass is 318 g/mol. The van der Waals surface area contributed by atoms with Gasteiger partial charge in [0.05, 0.1) is 0 Å². The molecule has 23 heavy (non-hydrogen) atoms. The summed E-state index contributed by atoms with van der Waals surface area (Å²) in [7, 11) is 0. The number of para-hydroxylation sites is 1. The van der Waals surface area contributed by atoms with Gasteiger partial charge in [0.2, 0.25) is 5.91 Å². The van der Waals surface area contributed by atoms with Gasteiger partial charge in [0.25, 0.3) is 5.91 Å². The summed E-state index contributed by atoms with van der Waals surface area (Å²) in [4.78, 5) is 31.3. The number of nitrogens with one attached hydrogen (secondary N) is 1. The van der Waals surface area contributed by atoms with E-state index in [4.69, 9.17) is 9.57 Å². The SMILES string of the molecule is O=C(CN1C(=O)CCCc2ccccc21)NO[C@H]1CCCCO1. The highest BCUT2D eigenvalue weighted by Gasteiger charge is 2.24. The zero-order valence-corrected chi connectivity index (χ0v) is 13.1. The van der Waals surface area contributed by atoms with Crippen LogP contribution >= 0.6 is 0 Å². The van der Waals surface area contributed by atoms with Gasteiger partial charge in [-0.25, -0.2) is 10.3 Å². The number of aryl methyl sites for hydroxylation is 1. The molecule has 2 aliphatic rings. The maximum atomic E-state index is 12.3. The summed E-state index contributed by atoms with van der Waals surface area (Å²) in [5.74, 6) is -0.372. The topological polar surface area (TPSA) is 67.9 Å². The number of nitrogens with zero attached hydrogens (tertiary/aromatic N) is 1. The predicted octanol–water partition coefficient (Wildman–Crippen LogP) is 1.93. The van der Waals surface area contributed by atoms with Crippen molar-refractivity contribution < 1.29 is 19.2 Å². The molecule has 2 amide bonds. The molecule has 6 heteroatoms. The molecule has 0 radical (unpaired) electrons. The van der Waals surface area contributed by atoms with Crippen molar-refractivity contribution in [1.29, 1.82) is 0 Å². The molecule has 0 unspecified atom stereocenters. The number of hydrogen-bond acceptors (Lipinski definition) is 4. The smallest absolute Gasteiger partial charge is 0.263 e. The van der Waals surface area contributed by atoms with Gasteiger partial charge in [0.15, 0.2) is 6.29 Å². The minimum Gasteiger partial charge on any atom is -0.350 e. The lowest BCUT2D eigenvalue weighted by molar-refractivity contribution is -0.199. The van der Waals surface area contributed by atoms with E-state index in [1.54, 1.807) is 4.90 Å². The second-order valence-electron chi connectivity index (χ2n) is 5.90. The summed E-state index contributed by atoms with van der Waals surface area (Å²) >= 11 is 0. The Kier molecular flexibility index (Phi) is 5.25. The zero-order chi connectivity index (χ0) is 16.1. The predicted molar refractivity (Wildman–Crippen MR) is 84.6 cm³/mol. The fraction of sp³-hybridized carbons (Fsp3) is 0.529. The molecule has 1 atom stereocenters. The molecular weight excluding hydrogens is 296 g/mol. The van der Waals surface area contributed by atoms with Crippen LogP contribution in [0.3, 0.4) is 0 Å². The van der Waals surface area contributed by atoms with Gasteiger partial charge in [-0.2, -0.15) is 0 Å². The highest BCUT2D eigenvalue weighted by molar-refractivity contribution is 5.99. The number of anilines is 1. The van der Waals surface area contributed by atoms with Crippen molar-refractivity contribution in [2.24, 2.45) is 0 Å². The molecule has 2 heterocycles. The number of fused-ring (bicyclic) bond motifs is 1. The normalized spacial score (nSPS) is 21.5. The Bertz CT molecular complexity index is 569. The number of hydrogen-bond donors (Lipinski definition) is 1. The Balaban J connectivity index is 1.61. The molecular formula is C17H22N2O4. The third-order valence-corrected chi connectivity index (χ3v) is 4.16. The molecule has 0 aromatic heterocycles. The minimum atomic E-state index is -0.389. The first kappa shape index (κ1) is 16.0. The average molecular weight is 318 g/mol. The largest absolute Gasteiger partial charge is 0.350 e. The molecule has 6 nitrogen and oxygen atoms in total. The van der Waals surface area contributed by atoms with Crippen LogP contribution in [-0.4, -0.2) is 31.3 Å². The number of amides is 2. The van der Waals surface area contributed by atoms with E-state index in [9.17, 15) is 9.59 Å². The molecule has 0 bridgehead atoms. The van der Waals surface area contributed by atoms with Crippen molar-refractivity contribution >= 4 is 17.5 Å². The van der Waals surface area contributed by atoms with Crippen LogP contribution in [0.15, 0.2) is 24.3 Å². The first-order valence-corrected chi connectivity index (χ1v) is 8.18. The van der Waals surface area contributed by atoms with Gasteiger partial charge in [-0.05, 0) is 37.3 Å². The minimum absolute atomic E-state index is 0.0287. The fourth-order valence-electron chi connectivity index (χ4n) is 2.97. The molecule has 1 N–H and O–H groups in total. The second-order valence-corrected chi connectivity index (χ2v) is 5.90. The van der Waals surface area contributed by atoms with Gasteiger partial charge < -0.3 is 9.64 Å². The van der Waals surface area contributed by atoms with Crippen LogP contribution in [0.2, 0.25) is 0 Å². The Hall–Kier alpha value is -1.92. The quantitative estimate of drug-likeness (QED) is 0.861. The Morgan fingerprint density at radius 1 is 1.26 bits per heavy atom. The first-order valence-electron chi connectivity index (χ1n) is 8.18. The van der Waals surface area contributed by atoms with Crippen LogP contribution < -0.4 is 10.4 Å². The van der Waals surface area contributed by atoms with Gasteiger partial charge in [-0.15, -0.1) is 0 Å². The lowest BCUT2D eigenvalue weighted by Crippen LogP contribution is -2.42. The van der Waals surface area contributed by atoms with Gasteiger partial charge in [-0.1, -0.05) is 18.2 Å². The van der Waals surface area contributed by atoms with Crippen molar-refractivity contribution in [1.82, 2.24) is 5.48 Å². The molecule has 0 spiro atoms. The molecule has 1 aromatic rings. The van der Waals surface area contributed by atoms with Crippen LogP contribution in [-0.2, 0) is 25.6 Å². The fourth-order valence-corrected chi connectivity index (χ4v) is 2.97. The highest BCUT2D eigenvalue weighted by atomic mass is 16.8. The summed E-state index contributed by atoms with van der Waals surface area (Å²) < 4.78 is 5.40. The van der Waals surface area contributed by atoms with Crippen LogP contribution in [0.4, 0.5) is 5.69 Å². The van der Waals surface area contributed by atoms with E-state index in [-0.39, 0.29) is 24.6 Å². The molecule has 0 aliphatic carbocycles.